The first-order valence-corrected chi connectivity index (χ1v) is 8.83. The summed E-state index contributed by atoms with van der Waals surface area (Å²) >= 11 is 0. The number of aryl methyl sites for hydroxylation is 2. The van der Waals surface area contributed by atoms with E-state index < -0.39 is 0 Å². The standard InChI is InChI=1S/C21H21N3O2/c1-13-14(2)22-19-9-8-15(11-18(13)19)21(26)23-16-5-3-6-17(12-16)24-10-4-7-20(24)25/h3,5-6,8-9,11-12,22H,4,7,10H2,1-2H3,(H,23,26). The van der Waals surface area contributed by atoms with Crippen molar-refractivity contribution in [2.24, 2.45) is 0 Å². The van der Waals surface area contributed by atoms with Crippen molar-refractivity contribution in [2.75, 3.05) is 16.8 Å². The molecule has 0 unspecified atom stereocenters. The van der Waals surface area contributed by atoms with Crippen LogP contribution in [0.2, 0.25) is 0 Å². The van der Waals surface area contributed by atoms with Crippen LogP contribution in [0, 0.1) is 13.8 Å². The van der Waals surface area contributed by atoms with E-state index in [4.69, 9.17) is 0 Å². The number of anilines is 2. The van der Waals surface area contributed by atoms with E-state index in [0.29, 0.717) is 17.7 Å². The Bertz CT molecular complexity index is 1020. The number of nitrogens with zero attached hydrogens (tertiary/aromatic N) is 1. The molecule has 0 atom stereocenters. The van der Waals surface area contributed by atoms with Crippen LogP contribution < -0.4 is 10.2 Å². The first-order valence-electron chi connectivity index (χ1n) is 8.83. The van der Waals surface area contributed by atoms with Crippen LogP contribution in [0.4, 0.5) is 11.4 Å². The maximum atomic E-state index is 12.7. The number of H-pyrrole nitrogens is 1. The highest BCUT2D eigenvalue weighted by Crippen LogP contribution is 2.26. The zero-order valence-electron chi connectivity index (χ0n) is 14.9. The Labute approximate surface area is 152 Å². The minimum absolute atomic E-state index is 0.136. The van der Waals surface area contributed by atoms with E-state index >= 15 is 0 Å². The summed E-state index contributed by atoms with van der Waals surface area (Å²) in [6.07, 6.45) is 1.47. The Balaban J connectivity index is 1.58. The van der Waals surface area contributed by atoms with Gasteiger partial charge in [0.2, 0.25) is 5.91 Å². The van der Waals surface area contributed by atoms with Gasteiger partial charge in [0.25, 0.3) is 5.91 Å². The molecule has 5 nitrogen and oxygen atoms in total. The number of nitrogens with one attached hydrogen (secondary N) is 2. The van der Waals surface area contributed by atoms with Crippen LogP contribution in [0.25, 0.3) is 10.9 Å². The summed E-state index contributed by atoms with van der Waals surface area (Å²) in [7, 11) is 0. The van der Waals surface area contributed by atoms with Crippen molar-refractivity contribution in [3.63, 3.8) is 0 Å². The fourth-order valence-electron chi connectivity index (χ4n) is 3.48. The summed E-state index contributed by atoms with van der Waals surface area (Å²) in [6, 6.07) is 13.1. The molecule has 2 N–H and O–H groups in total. The van der Waals surface area contributed by atoms with Gasteiger partial charge in [-0.25, -0.2) is 0 Å². The number of aromatic nitrogens is 1. The van der Waals surface area contributed by atoms with E-state index in [0.717, 1.165) is 40.8 Å². The largest absolute Gasteiger partial charge is 0.358 e. The van der Waals surface area contributed by atoms with Crippen molar-refractivity contribution >= 4 is 34.1 Å². The molecule has 2 amide bonds. The lowest BCUT2D eigenvalue weighted by Gasteiger charge is -2.16. The third kappa shape index (κ3) is 2.86. The molecule has 0 aliphatic carbocycles. The first kappa shape index (κ1) is 16.4. The van der Waals surface area contributed by atoms with Gasteiger partial charge < -0.3 is 15.2 Å². The zero-order valence-corrected chi connectivity index (χ0v) is 14.9. The van der Waals surface area contributed by atoms with Crippen LogP contribution in [0.1, 0.15) is 34.5 Å². The van der Waals surface area contributed by atoms with Crippen LogP contribution >= 0.6 is 0 Å². The molecular weight excluding hydrogens is 326 g/mol. The fourth-order valence-corrected chi connectivity index (χ4v) is 3.48. The third-order valence-corrected chi connectivity index (χ3v) is 5.06. The lowest BCUT2D eigenvalue weighted by molar-refractivity contribution is -0.117. The lowest BCUT2D eigenvalue weighted by atomic mass is 10.1. The summed E-state index contributed by atoms with van der Waals surface area (Å²) in [6.45, 7) is 4.81. The van der Waals surface area contributed by atoms with E-state index in [9.17, 15) is 9.59 Å². The molecule has 1 saturated heterocycles. The topological polar surface area (TPSA) is 65.2 Å². The average molecular weight is 347 g/mol. The minimum Gasteiger partial charge on any atom is -0.358 e. The Morgan fingerprint density at radius 1 is 1.15 bits per heavy atom. The number of hydrogen-bond donors (Lipinski definition) is 2. The Kier molecular flexibility index (Phi) is 3.99. The molecule has 3 aromatic rings. The van der Waals surface area contributed by atoms with E-state index in [1.54, 1.807) is 4.90 Å². The van der Waals surface area contributed by atoms with Gasteiger partial charge in [0.05, 0.1) is 0 Å². The summed E-state index contributed by atoms with van der Waals surface area (Å²) in [5, 5.41) is 4.00. The van der Waals surface area contributed by atoms with Crippen LogP contribution in [0.3, 0.4) is 0 Å². The number of benzene rings is 2. The molecule has 1 aliphatic rings. The SMILES string of the molecule is Cc1[nH]c2ccc(C(=O)Nc3cccc(N4CCCC4=O)c3)cc2c1C. The number of hydrogen-bond acceptors (Lipinski definition) is 2. The highest BCUT2D eigenvalue weighted by Gasteiger charge is 2.21. The van der Waals surface area contributed by atoms with E-state index in [-0.39, 0.29) is 11.8 Å². The van der Waals surface area contributed by atoms with Gasteiger partial charge >= 0.3 is 0 Å². The van der Waals surface area contributed by atoms with Gasteiger partial charge in [-0.2, -0.15) is 0 Å². The molecule has 0 saturated carbocycles. The second kappa shape index (κ2) is 6.33. The summed E-state index contributed by atoms with van der Waals surface area (Å²) in [5.41, 5.74) is 5.44. The number of amides is 2. The van der Waals surface area contributed by atoms with E-state index in [1.165, 1.54) is 0 Å². The lowest BCUT2D eigenvalue weighted by Crippen LogP contribution is -2.23. The number of aromatic amines is 1. The van der Waals surface area contributed by atoms with Gasteiger partial charge in [-0.05, 0) is 62.2 Å². The van der Waals surface area contributed by atoms with Crippen molar-refractivity contribution in [2.45, 2.75) is 26.7 Å². The molecular formula is C21H21N3O2. The van der Waals surface area contributed by atoms with Crippen molar-refractivity contribution in [3.8, 4) is 0 Å². The van der Waals surface area contributed by atoms with Crippen molar-refractivity contribution in [3.05, 3.63) is 59.3 Å². The average Bonchev–Trinajstić information content (AvgIpc) is 3.18. The maximum Gasteiger partial charge on any atom is 0.255 e. The summed E-state index contributed by atoms with van der Waals surface area (Å²) in [4.78, 5) is 29.7. The molecule has 0 spiro atoms. The fraction of sp³-hybridized carbons (Fsp3) is 0.238. The molecule has 0 radical (unpaired) electrons. The molecule has 26 heavy (non-hydrogen) atoms. The predicted octanol–water partition coefficient (Wildman–Crippen LogP) is 4.16. The normalized spacial score (nSPS) is 14.2. The smallest absolute Gasteiger partial charge is 0.255 e. The Morgan fingerprint density at radius 3 is 2.77 bits per heavy atom. The van der Waals surface area contributed by atoms with Crippen LogP contribution in [-0.2, 0) is 4.79 Å². The quantitative estimate of drug-likeness (QED) is 0.747. The molecule has 5 heteroatoms. The molecule has 2 heterocycles. The van der Waals surface area contributed by atoms with E-state index in [1.807, 2.05) is 56.3 Å². The van der Waals surface area contributed by atoms with Crippen molar-refractivity contribution in [1.82, 2.24) is 4.98 Å². The molecule has 1 aliphatic heterocycles. The highest BCUT2D eigenvalue weighted by atomic mass is 16.2. The van der Waals surface area contributed by atoms with Crippen molar-refractivity contribution in [1.29, 1.82) is 0 Å². The third-order valence-electron chi connectivity index (χ3n) is 5.06. The Hall–Kier alpha value is -3.08. The monoisotopic (exact) mass is 347 g/mol. The second-order valence-electron chi connectivity index (χ2n) is 6.79. The van der Waals surface area contributed by atoms with Gasteiger partial charge in [-0.15, -0.1) is 0 Å². The molecule has 4 rings (SSSR count). The minimum atomic E-state index is -0.157. The maximum absolute atomic E-state index is 12.7. The first-order chi connectivity index (χ1) is 12.5. The molecule has 1 aromatic heterocycles. The van der Waals surface area contributed by atoms with Gasteiger partial charge in [0, 0.05) is 46.5 Å². The van der Waals surface area contributed by atoms with Crippen molar-refractivity contribution < 1.29 is 9.59 Å². The number of rotatable bonds is 3. The van der Waals surface area contributed by atoms with Crippen LogP contribution in [0.5, 0.6) is 0 Å². The predicted molar refractivity (Wildman–Crippen MR) is 104 cm³/mol. The van der Waals surface area contributed by atoms with Crippen LogP contribution in [-0.4, -0.2) is 23.3 Å². The van der Waals surface area contributed by atoms with E-state index in [2.05, 4.69) is 10.3 Å². The second-order valence-corrected chi connectivity index (χ2v) is 6.79. The molecule has 2 aromatic carbocycles. The van der Waals surface area contributed by atoms with Gasteiger partial charge in [0.15, 0.2) is 0 Å². The summed E-state index contributed by atoms with van der Waals surface area (Å²) in [5.74, 6) is -0.0210. The van der Waals surface area contributed by atoms with Gasteiger partial charge in [-0.3, -0.25) is 9.59 Å². The molecule has 132 valence electrons. The van der Waals surface area contributed by atoms with Gasteiger partial charge in [-0.1, -0.05) is 6.07 Å². The number of fused-ring (bicyclic) bond motifs is 1. The number of carbonyl (C=O) groups excluding carboxylic acids is 2. The molecule has 1 fully saturated rings. The number of carbonyl (C=O) groups is 2. The highest BCUT2D eigenvalue weighted by molar-refractivity contribution is 6.07. The van der Waals surface area contributed by atoms with Gasteiger partial charge in [0.1, 0.15) is 0 Å². The summed E-state index contributed by atoms with van der Waals surface area (Å²) < 4.78 is 0. The zero-order chi connectivity index (χ0) is 18.3. The van der Waals surface area contributed by atoms with Crippen LogP contribution in [0.15, 0.2) is 42.5 Å². The molecule has 0 bridgehead atoms. The Morgan fingerprint density at radius 2 is 2.00 bits per heavy atom.